The van der Waals surface area contributed by atoms with Crippen LogP contribution in [0, 0.1) is 0 Å². The number of ether oxygens (including phenoxy) is 1. The maximum Gasteiger partial charge on any atom is 0.334 e. The minimum atomic E-state index is -1.09. The van der Waals surface area contributed by atoms with E-state index in [0.29, 0.717) is 12.1 Å². The number of hydrogen-bond donors (Lipinski definition) is 0. The Balaban J connectivity index is 3.20. The Morgan fingerprint density at radius 1 is 1.65 bits per heavy atom. The molecule has 6 heteroatoms. The first kappa shape index (κ1) is 13.7. The van der Waals surface area contributed by atoms with Gasteiger partial charge in [-0.05, 0) is 6.42 Å². The van der Waals surface area contributed by atoms with E-state index in [2.05, 4.69) is 11.7 Å². The molecule has 94 valence electrons. The smallest absolute Gasteiger partial charge is 0.334 e. The molecule has 1 atom stereocenters. The number of rotatable bonds is 3. The lowest BCUT2D eigenvalue weighted by atomic mass is 9.90. The maximum atomic E-state index is 11.9. The van der Waals surface area contributed by atoms with Gasteiger partial charge in [-0.1, -0.05) is 25.1 Å². The first-order valence-electron chi connectivity index (χ1n) is 5.20. The van der Waals surface area contributed by atoms with E-state index in [1.54, 1.807) is 6.92 Å². The molecule has 0 radical (unpaired) electrons. The van der Waals surface area contributed by atoms with Crippen LogP contribution in [-0.4, -0.2) is 35.2 Å². The molecule has 17 heavy (non-hydrogen) atoms. The van der Waals surface area contributed by atoms with Crippen LogP contribution in [0.15, 0.2) is 16.7 Å². The van der Waals surface area contributed by atoms with Gasteiger partial charge in [0, 0.05) is 13.3 Å². The van der Waals surface area contributed by atoms with E-state index in [1.807, 2.05) is 0 Å². The van der Waals surface area contributed by atoms with Gasteiger partial charge in [-0.15, -0.1) is 0 Å². The van der Waals surface area contributed by atoms with Crippen molar-refractivity contribution in [1.82, 2.24) is 5.01 Å². The van der Waals surface area contributed by atoms with E-state index in [4.69, 9.17) is 16.3 Å². The monoisotopic (exact) mass is 258 g/mol. The van der Waals surface area contributed by atoms with Gasteiger partial charge in [0.15, 0.2) is 5.54 Å². The quantitative estimate of drug-likeness (QED) is 0.724. The highest BCUT2D eigenvalue weighted by atomic mass is 35.5. The van der Waals surface area contributed by atoms with Crippen molar-refractivity contribution < 1.29 is 14.3 Å². The summed E-state index contributed by atoms with van der Waals surface area (Å²) in [6.45, 7) is 6.70. The summed E-state index contributed by atoms with van der Waals surface area (Å²) in [4.78, 5) is 23.4. The van der Waals surface area contributed by atoms with Crippen LogP contribution >= 0.6 is 11.6 Å². The first-order chi connectivity index (χ1) is 7.89. The molecule has 0 N–H and O–H groups in total. The number of hydrogen-bond acceptors (Lipinski definition) is 4. The third-order valence-electron chi connectivity index (χ3n) is 2.85. The molecule has 1 aliphatic heterocycles. The van der Waals surface area contributed by atoms with Crippen molar-refractivity contribution >= 4 is 29.2 Å². The van der Waals surface area contributed by atoms with Crippen LogP contribution in [0.3, 0.4) is 0 Å². The molecule has 0 fully saturated rings. The Hall–Kier alpha value is -1.36. The van der Waals surface area contributed by atoms with E-state index >= 15 is 0 Å². The fourth-order valence-corrected chi connectivity index (χ4v) is 2.00. The van der Waals surface area contributed by atoms with Gasteiger partial charge in [-0.3, -0.25) is 4.79 Å². The van der Waals surface area contributed by atoms with Crippen molar-refractivity contribution in [2.24, 2.45) is 5.10 Å². The van der Waals surface area contributed by atoms with Crippen molar-refractivity contribution in [3.05, 3.63) is 11.6 Å². The lowest BCUT2D eigenvalue weighted by Gasteiger charge is -2.31. The van der Waals surface area contributed by atoms with Gasteiger partial charge in [-0.25, -0.2) is 9.80 Å². The Kier molecular flexibility index (Phi) is 3.93. The highest BCUT2D eigenvalue weighted by Gasteiger charge is 2.50. The average molecular weight is 259 g/mol. The van der Waals surface area contributed by atoms with Crippen molar-refractivity contribution in [3.63, 3.8) is 0 Å². The minimum Gasteiger partial charge on any atom is -0.467 e. The second-order valence-electron chi connectivity index (χ2n) is 3.84. The second-order valence-corrected chi connectivity index (χ2v) is 4.29. The zero-order valence-electron chi connectivity index (χ0n) is 10.1. The lowest BCUT2D eigenvalue weighted by Crippen LogP contribution is -2.51. The number of carbonyl (C=O) groups excluding carboxylic acids is 2. The van der Waals surface area contributed by atoms with E-state index in [1.165, 1.54) is 14.0 Å². The summed E-state index contributed by atoms with van der Waals surface area (Å²) < 4.78 is 4.76. The molecule has 0 aromatic carbocycles. The van der Waals surface area contributed by atoms with E-state index in [9.17, 15) is 9.59 Å². The molecule has 5 nitrogen and oxygen atoms in total. The Morgan fingerprint density at radius 3 is 2.59 bits per heavy atom. The van der Waals surface area contributed by atoms with Crippen molar-refractivity contribution in [3.8, 4) is 0 Å². The van der Waals surface area contributed by atoms with Crippen LogP contribution in [0.1, 0.15) is 26.7 Å². The maximum absolute atomic E-state index is 11.9. The Morgan fingerprint density at radius 2 is 2.24 bits per heavy atom. The second kappa shape index (κ2) is 4.87. The molecular formula is C11H15ClN2O3. The number of esters is 1. The Labute approximate surface area is 105 Å². The standard InChI is InChI=1S/C11H15ClN2O3/c1-5-11(10(16)17-4)6-9(7(2)12)13-14(11)8(3)15/h2,5-6H2,1,3-4H3. The van der Waals surface area contributed by atoms with Gasteiger partial charge >= 0.3 is 5.97 Å². The predicted molar refractivity (Wildman–Crippen MR) is 64.6 cm³/mol. The van der Waals surface area contributed by atoms with Gasteiger partial charge in [0.05, 0.1) is 17.9 Å². The van der Waals surface area contributed by atoms with E-state index in [-0.39, 0.29) is 17.4 Å². The lowest BCUT2D eigenvalue weighted by molar-refractivity contribution is -0.160. The van der Waals surface area contributed by atoms with Crippen molar-refractivity contribution in [2.75, 3.05) is 7.11 Å². The summed E-state index contributed by atoms with van der Waals surface area (Å²) in [5.74, 6) is -0.822. The highest BCUT2D eigenvalue weighted by molar-refractivity contribution is 6.43. The third kappa shape index (κ3) is 2.20. The molecule has 1 amide bonds. The fraction of sp³-hybridized carbons (Fsp3) is 0.545. The molecular weight excluding hydrogens is 244 g/mol. The van der Waals surface area contributed by atoms with Crippen molar-refractivity contribution in [1.29, 1.82) is 0 Å². The highest BCUT2D eigenvalue weighted by Crippen LogP contribution is 2.34. The van der Waals surface area contributed by atoms with Crippen LogP contribution in [0.4, 0.5) is 0 Å². The topological polar surface area (TPSA) is 59.0 Å². The third-order valence-corrected chi connectivity index (χ3v) is 3.07. The molecule has 1 aliphatic rings. The van der Waals surface area contributed by atoms with Crippen LogP contribution in [0.2, 0.25) is 0 Å². The molecule has 1 rings (SSSR count). The fourth-order valence-electron chi connectivity index (χ4n) is 1.89. The summed E-state index contributed by atoms with van der Waals surface area (Å²) in [6, 6.07) is 0. The average Bonchev–Trinajstić information content (AvgIpc) is 2.69. The molecule has 0 saturated heterocycles. The largest absolute Gasteiger partial charge is 0.467 e. The minimum absolute atomic E-state index is 0.232. The number of allylic oxidation sites excluding steroid dienone is 1. The Bertz CT molecular complexity index is 406. The van der Waals surface area contributed by atoms with Gasteiger partial charge in [0.25, 0.3) is 0 Å². The van der Waals surface area contributed by atoms with Crippen LogP contribution in [-0.2, 0) is 14.3 Å². The molecule has 0 aliphatic carbocycles. The molecule has 1 heterocycles. The van der Waals surface area contributed by atoms with Crippen LogP contribution in [0.25, 0.3) is 0 Å². The number of carbonyl (C=O) groups is 2. The normalized spacial score (nSPS) is 23.3. The number of amides is 1. The molecule has 0 saturated carbocycles. The van der Waals surface area contributed by atoms with Gasteiger partial charge in [0.1, 0.15) is 0 Å². The first-order valence-corrected chi connectivity index (χ1v) is 5.58. The molecule has 0 spiro atoms. The summed E-state index contributed by atoms with van der Waals surface area (Å²) in [6.07, 6.45) is 0.633. The van der Waals surface area contributed by atoms with Crippen LogP contribution in [0.5, 0.6) is 0 Å². The SMILES string of the molecule is C=C(Cl)C1=NN(C(C)=O)C(CC)(C(=O)OC)C1. The zero-order valence-corrected chi connectivity index (χ0v) is 10.9. The zero-order chi connectivity index (χ0) is 13.2. The van der Waals surface area contributed by atoms with Gasteiger partial charge in [-0.2, -0.15) is 5.10 Å². The predicted octanol–water partition coefficient (Wildman–Crippen LogP) is 1.67. The molecule has 0 bridgehead atoms. The van der Waals surface area contributed by atoms with Gasteiger partial charge < -0.3 is 4.74 Å². The van der Waals surface area contributed by atoms with Crippen molar-refractivity contribution in [2.45, 2.75) is 32.2 Å². The number of halogens is 1. The molecule has 1 unspecified atom stereocenters. The molecule has 0 aromatic heterocycles. The molecule has 0 aromatic rings. The number of methoxy groups -OCH3 is 1. The summed E-state index contributed by atoms with van der Waals surface area (Å²) in [7, 11) is 1.28. The summed E-state index contributed by atoms with van der Waals surface area (Å²) in [5, 5.41) is 5.42. The summed E-state index contributed by atoms with van der Waals surface area (Å²) >= 11 is 5.77. The van der Waals surface area contributed by atoms with Crippen LogP contribution < -0.4 is 0 Å². The summed E-state index contributed by atoms with van der Waals surface area (Å²) in [5.41, 5.74) is -0.651. The number of hydrazone groups is 1. The van der Waals surface area contributed by atoms with E-state index < -0.39 is 11.5 Å². The van der Waals surface area contributed by atoms with E-state index in [0.717, 1.165) is 5.01 Å². The van der Waals surface area contributed by atoms with Gasteiger partial charge in [0.2, 0.25) is 5.91 Å². The number of nitrogens with zero attached hydrogens (tertiary/aromatic N) is 2.